The number of halogens is 1. The largest absolute Gasteiger partial charge is 0.326 e. The summed E-state index contributed by atoms with van der Waals surface area (Å²) in [5.41, 5.74) is 9.06. The topological polar surface area (TPSA) is 26.0 Å². The Kier molecular flexibility index (Phi) is 12.6. The van der Waals surface area contributed by atoms with Crippen LogP contribution in [0.1, 0.15) is 57.7 Å². The van der Waals surface area contributed by atoms with Gasteiger partial charge in [0.05, 0.1) is 0 Å². The zero-order valence-electron chi connectivity index (χ0n) is 13.4. The van der Waals surface area contributed by atoms with Crippen LogP contribution in [0.15, 0.2) is 24.3 Å². The Hall–Kier alpha value is -1.15. The van der Waals surface area contributed by atoms with Crippen LogP contribution in [0.25, 0.3) is 0 Å². The van der Waals surface area contributed by atoms with E-state index in [-0.39, 0.29) is 5.82 Å². The Labute approximate surface area is 118 Å². The Balaban J connectivity index is 0. The van der Waals surface area contributed by atoms with Crippen molar-refractivity contribution in [1.29, 1.82) is 0 Å². The monoisotopic (exact) mass is 267 g/mol. The molecule has 110 valence electrons. The highest BCUT2D eigenvalue weighted by molar-refractivity contribution is 5.33. The molecular weight excluding hydrogens is 237 g/mol. The lowest BCUT2D eigenvalue weighted by molar-refractivity contribution is 0.610. The fourth-order valence-corrected chi connectivity index (χ4v) is 1.46. The van der Waals surface area contributed by atoms with E-state index in [1.807, 2.05) is 33.8 Å². The second-order valence-electron chi connectivity index (χ2n) is 4.42. The Morgan fingerprint density at radius 1 is 1.21 bits per heavy atom. The van der Waals surface area contributed by atoms with Crippen LogP contribution in [-0.4, -0.2) is 0 Å². The van der Waals surface area contributed by atoms with E-state index in [0.29, 0.717) is 18.5 Å². The zero-order chi connectivity index (χ0) is 15.4. The Bertz CT molecular complexity index is 370. The second kappa shape index (κ2) is 11.9. The first kappa shape index (κ1) is 20.2. The molecule has 2 heteroatoms. The highest BCUT2D eigenvalue weighted by Gasteiger charge is 2.06. The average Bonchev–Trinajstić information content (AvgIpc) is 2.36. The molecule has 0 saturated heterocycles. The zero-order valence-corrected chi connectivity index (χ0v) is 13.4. The molecule has 0 radical (unpaired) electrons. The summed E-state index contributed by atoms with van der Waals surface area (Å²) in [4.78, 5) is 0. The molecule has 1 nitrogen and oxygen atoms in total. The summed E-state index contributed by atoms with van der Waals surface area (Å²) >= 11 is 0. The molecule has 2 N–H and O–H groups in total. The van der Waals surface area contributed by atoms with Gasteiger partial charge in [-0.3, -0.25) is 0 Å². The van der Waals surface area contributed by atoms with Crippen molar-refractivity contribution >= 4 is 0 Å². The maximum absolute atomic E-state index is 13.5. The third kappa shape index (κ3) is 8.55. The van der Waals surface area contributed by atoms with Crippen molar-refractivity contribution in [3.8, 4) is 0 Å². The van der Waals surface area contributed by atoms with Gasteiger partial charge in [0, 0.05) is 6.54 Å². The van der Waals surface area contributed by atoms with Crippen LogP contribution in [0, 0.1) is 12.7 Å². The third-order valence-electron chi connectivity index (χ3n) is 2.22. The van der Waals surface area contributed by atoms with Crippen molar-refractivity contribution in [2.24, 2.45) is 5.73 Å². The number of aryl methyl sites for hydroxylation is 1. The van der Waals surface area contributed by atoms with E-state index in [2.05, 4.69) is 20.4 Å². The van der Waals surface area contributed by atoms with Crippen LogP contribution in [-0.2, 0) is 13.0 Å². The molecule has 0 unspecified atom stereocenters. The van der Waals surface area contributed by atoms with E-state index in [0.717, 1.165) is 16.7 Å². The van der Waals surface area contributed by atoms with Crippen LogP contribution in [0.5, 0.6) is 0 Å². The fraction of sp³-hybridized carbons (Fsp3) is 0.529. The summed E-state index contributed by atoms with van der Waals surface area (Å²) in [5, 5.41) is 0. The quantitative estimate of drug-likeness (QED) is 0.753. The van der Waals surface area contributed by atoms with Crippen molar-refractivity contribution in [2.75, 3.05) is 0 Å². The highest BCUT2D eigenvalue weighted by Crippen LogP contribution is 2.17. The molecule has 0 amide bonds. The van der Waals surface area contributed by atoms with Crippen LogP contribution in [0.4, 0.5) is 4.39 Å². The molecule has 1 rings (SSSR count). The van der Waals surface area contributed by atoms with Crippen LogP contribution in [0.2, 0.25) is 0 Å². The maximum Gasteiger partial charge on any atom is 0.127 e. The molecule has 0 fully saturated rings. The molecule has 0 aliphatic carbocycles. The summed E-state index contributed by atoms with van der Waals surface area (Å²) in [5.74, 6) is -0.181. The van der Waals surface area contributed by atoms with Crippen LogP contribution < -0.4 is 5.73 Å². The molecule has 0 heterocycles. The molecule has 0 aromatic heterocycles. The van der Waals surface area contributed by atoms with Gasteiger partial charge in [-0.05, 0) is 43.0 Å². The van der Waals surface area contributed by atoms with Crippen molar-refractivity contribution in [3.05, 3.63) is 46.8 Å². The highest BCUT2D eigenvalue weighted by atomic mass is 19.1. The third-order valence-corrected chi connectivity index (χ3v) is 2.22. The Morgan fingerprint density at radius 2 is 1.68 bits per heavy atom. The normalized spacial score (nSPS) is 8.84. The van der Waals surface area contributed by atoms with Crippen LogP contribution in [0.3, 0.4) is 0 Å². The lowest BCUT2D eigenvalue weighted by Gasteiger charge is -2.08. The molecule has 0 aliphatic rings. The molecule has 0 spiro atoms. The molecular formula is C17H30FN. The average molecular weight is 267 g/mol. The van der Waals surface area contributed by atoms with Gasteiger partial charge in [-0.2, -0.15) is 0 Å². The molecule has 19 heavy (non-hydrogen) atoms. The summed E-state index contributed by atoms with van der Waals surface area (Å²) in [6.07, 6.45) is 1.84. The van der Waals surface area contributed by atoms with Crippen molar-refractivity contribution in [2.45, 2.75) is 60.9 Å². The first-order chi connectivity index (χ1) is 8.96. The van der Waals surface area contributed by atoms with Gasteiger partial charge >= 0.3 is 0 Å². The van der Waals surface area contributed by atoms with E-state index in [4.69, 9.17) is 5.73 Å². The molecule has 0 atom stereocenters. The van der Waals surface area contributed by atoms with Gasteiger partial charge in [-0.1, -0.05) is 52.3 Å². The number of nitrogens with two attached hydrogens (primary N) is 1. The molecule has 0 aliphatic heterocycles. The summed E-state index contributed by atoms with van der Waals surface area (Å²) < 4.78 is 13.5. The minimum absolute atomic E-state index is 0.181. The van der Waals surface area contributed by atoms with E-state index < -0.39 is 0 Å². The smallest absolute Gasteiger partial charge is 0.127 e. The number of hydrogen-bond acceptors (Lipinski definition) is 1. The van der Waals surface area contributed by atoms with Gasteiger partial charge in [0.2, 0.25) is 0 Å². The Morgan fingerprint density at radius 3 is 2.05 bits per heavy atom. The lowest BCUT2D eigenvalue weighted by Crippen LogP contribution is -2.02. The molecule has 0 bridgehead atoms. The van der Waals surface area contributed by atoms with Crippen molar-refractivity contribution in [1.82, 2.24) is 0 Å². The van der Waals surface area contributed by atoms with Gasteiger partial charge in [0.25, 0.3) is 0 Å². The minimum Gasteiger partial charge on any atom is -0.326 e. The predicted molar refractivity (Wildman–Crippen MR) is 84.9 cm³/mol. The predicted octanol–water partition coefficient (Wildman–Crippen LogP) is 5.15. The first-order valence-electron chi connectivity index (χ1n) is 7.08. The van der Waals surface area contributed by atoms with Gasteiger partial charge in [0.15, 0.2) is 0 Å². The molecule has 1 aromatic carbocycles. The van der Waals surface area contributed by atoms with Crippen molar-refractivity contribution < 1.29 is 4.39 Å². The van der Waals surface area contributed by atoms with Gasteiger partial charge in [0.1, 0.15) is 5.82 Å². The van der Waals surface area contributed by atoms with Crippen molar-refractivity contribution in [3.63, 3.8) is 0 Å². The SMILES string of the molecule is C=C(C)Cc1cc(C)c(CN)cc1F.CC.CCC. The van der Waals surface area contributed by atoms with E-state index in [1.54, 1.807) is 0 Å². The minimum atomic E-state index is -0.181. The van der Waals surface area contributed by atoms with E-state index in [1.165, 1.54) is 12.5 Å². The van der Waals surface area contributed by atoms with E-state index in [9.17, 15) is 4.39 Å². The van der Waals surface area contributed by atoms with Gasteiger partial charge < -0.3 is 5.73 Å². The number of rotatable bonds is 3. The van der Waals surface area contributed by atoms with E-state index >= 15 is 0 Å². The standard InChI is InChI=1S/C12H16FN.C3H8.C2H6/c1-8(2)4-10-5-9(3)11(7-14)6-12(10)13;1-3-2;1-2/h5-6H,1,4,7,14H2,2-3H3;3H2,1-2H3;1-2H3. The summed E-state index contributed by atoms with van der Waals surface area (Å²) in [7, 11) is 0. The summed E-state index contributed by atoms with van der Waals surface area (Å²) in [6.45, 7) is 16.2. The fourth-order valence-electron chi connectivity index (χ4n) is 1.46. The molecule has 0 saturated carbocycles. The maximum atomic E-state index is 13.5. The molecule has 1 aromatic rings. The number of hydrogen-bond donors (Lipinski definition) is 1. The second-order valence-corrected chi connectivity index (χ2v) is 4.42. The van der Waals surface area contributed by atoms with Gasteiger partial charge in [-0.25, -0.2) is 4.39 Å². The number of allylic oxidation sites excluding steroid dienone is 1. The van der Waals surface area contributed by atoms with Crippen LogP contribution >= 0.6 is 0 Å². The lowest BCUT2D eigenvalue weighted by atomic mass is 10.0. The number of benzene rings is 1. The summed E-state index contributed by atoms with van der Waals surface area (Å²) in [6, 6.07) is 3.37. The first-order valence-corrected chi connectivity index (χ1v) is 7.08. The van der Waals surface area contributed by atoms with Gasteiger partial charge in [-0.15, -0.1) is 0 Å².